The van der Waals surface area contributed by atoms with Crippen LogP contribution in [0.2, 0.25) is 0 Å². The summed E-state index contributed by atoms with van der Waals surface area (Å²) >= 11 is 0. The SMILES string of the molecule is CCCCCCCCCc1ccc2c(c1CCCCCCCCC)Nc1ccccc1O2. The maximum atomic E-state index is 6.26. The summed E-state index contributed by atoms with van der Waals surface area (Å²) in [6, 6.07) is 12.8. The summed E-state index contributed by atoms with van der Waals surface area (Å²) in [6.07, 6.45) is 21.4. The zero-order valence-corrected chi connectivity index (χ0v) is 20.7. The minimum Gasteiger partial charge on any atom is -0.453 e. The first-order valence-corrected chi connectivity index (χ1v) is 13.5. The van der Waals surface area contributed by atoms with Gasteiger partial charge in [0.05, 0.1) is 11.4 Å². The summed E-state index contributed by atoms with van der Waals surface area (Å²) in [4.78, 5) is 0. The first-order valence-electron chi connectivity index (χ1n) is 13.5. The van der Waals surface area contributed by atoms with E-state index in [1.807, 2.05) is 12.1 Å². The van der Waals surface area contributed by atoms with Crippen LogP contribution < -0.4 is 10.1 Å². The van der Waals surface area contributed by atoms with Crippen molar-refractivity contribution in [2.75, 3.05) is 5.32 Å². The van der Waals surface area contributed by atoms with E-state index >= 15 is 0 Å². The Morgan fingerprint density at radius 1 is 0.594 bits per heavy atom. The zero-order chi connectivity index (χ0) is 22.4. The highest BCUT2D eigenvalue weighted by Crippen LogP contribution is 2.45. The Morgan fingerprint density at radius 2 is 1.19 bits per heavy atom. The maximum absolute atomic E-state index is 6.26. The van der Waals surface area contributed by atoms with Gasteiger partial charge in [-0.15, -0.1) is 0 Å². The molecule has 176 valence electrons. The second-order valence-electron chi connectivity index (χ2n) is 9.54. The molecule has 0 radical (unpaired) electrons. The number of para-hydroxylation sites is 2. The second-order valence-corrected chi connectivity index (χ2v) is 9.54. The van der Waals surface area contributed by atoms with Crippen molar-refractivity contribution in [1.29, 1.82) is 0 Å². The molecule has 1 aliphatic heterocycles. The van der Waals surface area contributed by atoms with Crippen molar-refractivity contribution in [1.82, 2.24) is 0 Å². The summed E-state index contributed by atoms with van der Waals surface area (Å²) in [5.74, 6) is 1.92. The molecule has 2 aromatic rings. The zero-order valence-electron chi connectivity index (χ0n) is 20.7. The molecule has 1 aliphatic rings. The lowest BCUT2D eigenvalue weighted by atomic mass is 9.93. The molecule has 0 saturated carbocycles. The lowest BCUT2D eigenvalue weighted by molar-refractivity contribution is 0.479. The van der Waals surface area contributed by atoms with Crippen molar-refractivity contribution in [3.8, 4) is 11.5 Å². The van der Waals surface area contributed by atoms with Gasteiger partial charge in [0.25, 0.3) is 0 Å². The molecule has 3 rings (SSSR count). The largest absolute Gasteiger partial charge is 0.453 e. The van der Waals surface area contributed by atoms with Gasteiger partial charge in [0, 0.05) is 0 Å². The number of anilines is 2. The van der Waals surface area contributed by atoms with E-state index in [0.717, 1.165) is 23.6 Å². The van der Waals surface area contributed by atoms with Crippen LogP contribution in [0.1, 0.15) is 115 Å². The smallest absolute Gasteiger partial charge is 0.151 e. The number of hydrogen-bond donors (Lipinski definition) is 1. The average Bonchev–Trinajstić information content (AvgIpc) is 2.82. The topological polar surface area (TPSA) is 21.3 Å². The van der Waals surface area contributed by atoms with Crippen LogP contribution >= 0.6 is 0 Å². The fraction of sp³-hybridized carbons (Fsp3) is 0.600. The molecule has 0 atom stereocenters. The van der Waals surface area contributed by atoms with Crippen LogP contribution in [0.25, 0.3) is 0 Å². The highest BCUT2D eigenvalue weighted by molar-refractivity contribution is 5.78. The fourth-order valence-corrected chi connectivity index (χ4v) is 4.85. The van der Waals surface area contributed by atoms with Crippen LogP contribution in [0.5, 0.6) is 11.5 Å². The molecule has 2 heteroatoms. The number of unbranched alkanes of at least 4 members (excludes halogenated alkanes) is 12. The number of hydrogen-bond acceptors (Lipinski definition) is 2. The summed E-state index contributed by atoms with van der Waals surface area (Å²) in [5.41, 5.74) is 5.33. The number of aryl methyl sites for hydroxylation is 1. The Bertz CT molecular complexity index is 797. The van der Waals surface area contributed by atoms with Gasteiger partial charge in [-0.05, 0) is 55.0 Å². The van der Waals surface area contributed by atoms with Crippen molar-refractivity contribution in [2.45, 2.75) is 117 Å². The molecule has 0 unspecified atom stereocenters. The summed E-state index contributed by atoms with van der Waals surface area (Å²) < 4.78 is 6.26. The second kappa shape index (κ2) is 14.2. The van der Waals surface area contributed by atoms with Gasteiger partial charge in [-0.25, -0.2) is 0 Å². The van der Waals surface area contributed by atoms with Gasteiger partial charge >= 0.3 is 0 Å². The van der Waals surface area contributed by atoms with Crippen molar-refractivity contribution in [3.05, 3.63) is 47.5 Å². The predicted molar refractivity (Wildman–Crippen MR) is 140 cm³/mol. The molecule has 0 bridgehead atoms. The third-order valence-electron chi connectivity index (χ3n) is 6.82. The lowest BCUT2D eigenvalue weighted by Crippen LogP contribution is -2.08. The molecule has 0 amide bonds. The van der Waals surface area contributed by atoms with E-state index in [4.69, 9.17) is 4.74 Å². The summed E-state index contributed by atoms with van der Waals surface area (Å²) in [5, 5.41) is 3.72. The van der Waals surface area contributed by atoms with Crippen molar-refractivity contribution < 1.29 is 4.74 Å². The third kappa shape index (κ3) is 7.57. The van der Waals surface area contributed by atoms with Crippen molar-refractivity contribution in [2.24, 2.45) is 0 Å². The van der Waals surface area contributed by atoms with E-state index < -0.39 is 0 Å². The minimum absolute atomic E-state index is 0.932. The number of ether oxygens (including phenoxy) is 1. The van der Waals surface area contributed by atoms with Gasteiger partial charge in [0.1, 0.15) is 0 Å². The lowest BCUT2D eigenvalue weighted by Gasteiger charge is -2.26. The molecule has 0 aliphatic carbocycles. The van der Waals surface area contributed by atoms with Gasteiger partial charge in [0.2, 0.25) is 0 Å². The summed E-state index contributed by atoms with van der Waals surface area (Å²) in [7, 11) is 0. The maximum Gasteiger partial charge on any atom is 0.151 e. The van der Waals surface area contributed by atoms with Crippen LogP contribution in [0, 0.1) is 0 Å². The molecule has 0 spiro atoms. The predicted octanol–water partition coefficient (Wildman–Crippen LogP) is 10.1. The molecule has 2 aromatic carbocycles. The Kier molecular flexibility index (Phi) is 11.0. The first kappa shape index (κ1) is 24.7. The number of nitrogens with one attached hydrogen (secondary N) is 1. The Hall–Kier alpha value is -1.96. The van der Waals surface area contributed by atoms with E-state index in [-0.39, 0.29) is 0 Å². The Morgan fingerprint density at radius 3 is 1.88 bits per heavy atom. The van der Waals surface area contributed by atoms with Gasteiger partial charge in [-0.1, -0.05) is 109 Å². The fourth-order valence-electron chi connectivity index (χ4n) is 4.85. The monoisotopic (exact) mass is 435 g/mol. The highest BCUT2D eigenvalue weighted by Gasteiger charge is 2.21. The molecule has 0 aromatic heterocycles. The van der Waals surface area contributed by atoms with Gasteiger partial charge in [-0.3, -0.25) is 0 Å². The van der Waals surface area contributed by atoms with Crippen LogP contribution in [-0.2, 0) is 12.8 Å². The quantitative estimate of drug-likeness (QED) is 0.226. The molecule has 2 nitrogen and oxygen atoms in total. The molecule has 0 fully saturated rings. The highest BCUT2D eigenvalue weighted by atomic mass is 16.5. The molecular weight excluding hydrogens is 390 g/mol. The molecule has 0 saturated heterocycles. The number of fused-ring (bicyclic) bond motifs is 2. The van der Waals surface area contributed by atoms with Crippen molar-refractivity contribution in [3.63, 3.8) is 0 Å². The Balaban J connectivity index is 1.61. The summed E-state index contributed by atoms with van der Waals surface area (Å²) in [6.45, 7) is 4.58. The van der Waals surface area contributed by atoms with E-state index in [9.17, 15) is 0 Å². The van der Waals surface area contributed by atoms with E-state index in [0.29, 0.717) is 0 Å². The first-order chi connectivity index (χ1) is 15.8. The van der Waals surface area contributed by atoms with Gasteiger partial charge in [0.15, 0.2) is 11.5 Å². The Labute approximate surface area is 197 Å². The van der Waals surface area contributed by atoms with Crippen LogP contribution in [0.3, 0.4) is 0 Å². The van der Waals surface area contributed by atoms with Gasteiger partial charge < -0.3 is 10.1 Å². The minimum atomic E-state index is 0.932. The van der Waals surface area contributed by atoms with Crippen molar-refractivity contribution >= 4 is 11.4 Å². The van der Waals surface area contributed by atoms with Crippen LogP contribution in [0.4, 0.5) is 11.4 Å². The van der Waals surface area contributed by atoms with Crippen LogP contribution in [-0.4, -0.2) is 0 Å². The van der Waals surface area contributed by atoms with E-state index in [1.165, 1.54) is 113 Å². The standard InChI is InChI=1S/C30H45NO/c1-3-5-7-9-11-13-15-19-25-23-24-29-30(31-27-21-17-18-22-28(27)32-29)26(25)20-16-14-12-10-8-6-4-2/h17-18,21-24,31H,3-16,19-20H2,1-2H3. The third-order valence-corrected chi connectivity index (χ3v) is 6.82. The molecule has 32 heavy (non-hydrogen) atoms. The number of benzene rings is 2. The normalized spacial score (nSPS) is 12.1. The average molecular weight is 436 g/mol. The van der Waals surface area contributed by atoms with E-state index in [1.54, 1.807) is 0 Å². The van der Waals surface area contributed by atoms with E-state index in [2.05, 4.69) is 43.4 Å². The molecular formula is C30H45NO. The van der Waals surface area contributed by atoms with Gasteiger partial charge in [-0.2, -0.15) is 0 Å². The van der Waals surface area contributed by atoms with Crippen LogP contribution in [0.15, 0.2) is 36.4 Å². The number of rotatable bonds is 16. The molecule has 1 heterocycles. The molecule has 1 N–H and O–H groups in total.